The standard InChI is InChI=1S/C19H22FN5O3/c1-11-12(2)25-15-16(22(3)19(27)23(17(15)26)9-10-28-4)21-18(25)24(11)14-8-6-5-7-13(14)20/h5-8,15-16H,9-10H2,1-4H3. The van der Waals surface area contributed by atoms with E-state index in [4.69, 9.17) is 4.74 Å². The van der Waals surface area contributed by atoms with Crippen LogP contribution in [0, 0.1) is 5.82 Å². The van der Waals surface area contributed by atoms with Crippen LogP contribution in [0.3, 0.4) is 0 Å². The largest absolute Gasteiger partial charge is 0.383 e. The van der Waals surface area contributed by atoms with Gasteiger partial charge in [0, 0.05) is 25.6 Å². The summed E-state index contributed by atoms with van der Waals surface area (Å²) >= 11 is 0. The van der Waals surface area contributed by atoms with E-state index in [1.165, 1.54) is 23.0 Å². The van der Waals surface area contributed by atoms with Crippen molar-refractivity contribution in [3.8, 4) is 0 Å². The van der Waals surface area contributed by atoms with Gasteiger partial charge in [-0.15, -0.1) is 0 Å². The normalized spacial score (nSPS) is 24.2. The van der Waals surface area contributed by atoms with Gasteiger partial charge in [0.2, 0.25) is 5.96 Å². The minimum Gasteiger partial charge on any atom is -0.383 e. The van der Waals surface area contributed by atoms with Gasteiger partial charge >= 0.3 is 6.03 Å². The Balaban J connectivity index is 1.76. The second-order valence-electron chi connectivity index (χ2n) is 6.99. The molecule has 0 radical (unpaired) electrons. The Bertz CT molecular complexity index is 915. The molecule has 0 bridgehead atoms. The molecule has 148 valence electrons. The summed E-state index contributed by atoms with van der Waals surface area (Å²) in [7, 11) is 3.14. The van der Waals surface area contributed by atoms with Gasteiger partial charge in [-0.3, -0.25) is 19.5 Å². The number of amides is 3. The van der Waals surface area contributed by atoms with Crippen molar-refractivity contribution in [2.24, 2.45) is 4.99 Å². The Kier molecular flexibility index (Phi) is 4.34. The molecule has 4 rings (SSSR count). The molecule has 2 unspecified atom stereocenters. The lowest BCUT2D eigenvalue weighted by Gasteiger charge is -2.40. The summed E-state index contributed by atoms with van der Waals surface area (Å²) < 4.78 is 19.5. The number of aliphatic imine (C=N–C) groups is 1. The zero-order valence-electron chi connectivity index (χ0n) is 16.2. The van der Waals surface area contributed by atoms with Crippen LogP contribution in [0.15, 0.2) is 40.7 Å². The molecule has 8 nitrogen and oxygen atoms in total. The summed E-state index contributed by atoms with van der Waals surface area (Å²) in [6.45, 7) is 4.16. The molecule has 3 amide bonds. The number of halogens is 1. The molecule has 3 heterocycles. The first-order valence-electron chi connectivity index (χ1n) is 9.04. The predicted octanol–water partition coefficient (Wildman–Crippen LogP) is 1.80. The Labute approximate surface area is 162 Å². The number of anilines is 1. The van der Waals surface area contributed by atoms with Gasteiger partial charge in [0.1, 0.15) is 5.82 Å². The third kappa shape index (κ3) is 2.42. The number of guanidine groups is 1. The van der Waals surface area contributed by atoms with Gasteiger partial charge in [0.05, 0.1) is 18.8 Å². The van der Waals surface area contributed by atoms with Crippen LogP contribution < -0.4 is 4.90 Å². The van der Waals surface area contributed by atoms with Crippen LogP contribution in [0.1, 0.15) is 13.8 Å². The molecule has 3 aliphatic heterocycles. The highest BCUT2D eigenvalue weighted by Crippen LogP contribution is 2.40. The molecule has 1 fully saturated rings. The average Bonchev–Trinajstić information content (AvgIpc) is 3.17. The number of fused-ring (bicyclic) bond motifs is 3. The number of benzene rings is 1. The summed E-state index contributed by atoms with van der Waals surface area (Å²) in [5, 5.41) is 0. The lowest BCUT2D eigenvalue weighted by molar-refractivity contribution is -0.137. The van der Waals surface area contributed by atoms with E-state index in [0.717, 1.165) is 11.4 Å². The number of allylic oxidation sites excluding steroid dienone is 2. The molecular weight excluding hydrogens is 365 g/mol. The lowest BCUT2D eigenvalue weighted by atomic mass is 10.1. The molecule has 28 heavy (non-hydrogen) atoms. The summed E-state index contributed by atoms with van der Waals surface area (Å²) in [6, 6.07) is 5.33. The van der Waals surface area contributed by atoms with E-state index < -0.39 is 18.2 Å². The number of carbonyl (C=O) groups excluding carboxylic acids is 2. The average molecular weight is 387 g/mol. The highest BCUT2D eigenvalue weighted by Gasteiger charge is 2.55. The van der Waals surface area contributed by atoms with Gasteiger partial charge in [-0.25, -0.2) is 14.2 Å². The van der Waals surface area contributed by atoms with Gasteiger partial charge in [0.25, 0.3) is 5.91 Å². The summed E-state index contributed by atoms with van der Waals surface area (Å²) in [5.74, 6) is -0.255. The van der Waals surface area contributed by atoms with Crippen LogP contribution in [0.2, 0.25) is 0 Å². The van der Waals surface area contributed by atoms with E-state index in [-0.39, 0.29) is 24.9 Å². The fourth-order valence-corrected chi connectivity index (χ4v) is 3.92. The molecular formula is C19H22FN5O3. The van der Waals surface area contributed by atoms with Crippen molar-refractivity contribution in [2.75, 3.05) is 32.2 Å². The number of nitrogens with zero attached hydrogens (tertiary/aromatic N) is 5. The van der Waals surface area contributed by atoms with Crippen LogP contribution >= 0.6 is 0 Å². The van der Waals surface area contributed by atoms with E-state index in [0.29, 0.717) is 11.6 Å². The molecule has 1 aromatic rings. The van der Waals surface area contributed by atoms with Crippen molar-refractivity contribution in [3.05, 3.63) is 41.5 Å². The van der Waals surface area contributed by atoms with Crippen LogP contribution in [0.4, 0.5) is 14.9 Å². The van der Waals surface area contributed by atoms with E-state index in [1.807, 2.05) is 13.8 Å². The second-order valence-corrected chi connectivity index (χ2v) is 6.99. The fourth-order valence-electron chi connectivity index (χ4n) is 3.92. The molecule has 3 aliphatic rings. The minimum absolute atomic E-state index is 0.170. The van der Waals surface area contributed by atoms with Crippen molar-refractivity contribution in [1.82, 2.24) is 14.7 Å². The summed E-state index contributed by atoms with van der Waals surface area (Å²) in [4.78, 5) is 36.6. The smallest absolute Gasteiger partial charge is 0.328 e. The second kappa shape index (κ2) is 6.59. The quantitative estimate of drug-likeness (QED) is 0.788. The van der Waals surface area contributed by atoms with Crippen molar-refractivity contribution in [3.63, 3.8) is 0 Å². The highest BCUT2D eigenvalue weighted by atomic mass is 19.1. The fraction of sp³-hybridized carbons (Fsp3) is 0.421. The Morgan fingerprint density at radius 1 is 1.18 bits per heavy atom. The molecule has 1 aromatic carbocycles. The minimum atomic E-state index is -0.679. The third-order valence-corrected chi connectivity index (χ3v) is 5.51. The molecule has 0 aromatic heterocycles. The maximum atomic E-state index is 14.5. The zero-order chi connectivity index (χ0) is 20.2. The Morgan fingerprint density at radius 2 is 1.89 bits per heavy atom. The lowest BCUT2D eigenvalue weighted by Crippen LogP contribution is -2.65. The topological polar surface area (TPSA) is 68.7 Å². The number of rotatable bonds is 4. The van der Waals surface area contributed by atoms with Crippen LogP contribution in [0.25, 0.3) is 0 Å². The molecule has 0 aliphatic carbocycles. The van der Waals surface area contributed by atoms with E-state index in [9.17, 15) is 14.0 Å². The zero-order valence-corrected chi connectivity index (χ0v) is 16.2. The molecule has 0 spiro atoms. The van der Waals surface area contributed by atoms with Gasteiger partial charge in [0.15, 0.2) is 12.2 Å². The summed E-state index contributed by atoms with van der Waals surface area (Å²) in [6.07, 6.45) is -0.661. The number of carbonyl (C=O) groups is 2. The SMILES string of the molecule is COCCN1C(=O)C2C(N=C3N(c4ccccc4F)C(C)=C(C)N32)N(C)C1=O. The van der Waals surface area contributed by atoms with E-state index >= 15 is 0 Å². The highest BCUT2D eigenvalue weighted by molar-refractivity contribution is 6.10. The van der Waals surface area contributed by atoms with Crippen molar-refractivity contribution < 1.29 is 18.7 Å². The predicted molar refractivity (Wildman–Crippen MR) is 101 cm³/mol. The first kappa shape index (κ1) is 18.4. The number of imide groups is 1. The number of urea groups is 1. The number of likely N-dealkylation sites (N-methyl/N-ethyl adjacent to an activating group) is 1. The molecule has 2 atom stereocenters. The third-order valence-electron chi connectivity index (χ3n) is 5.51. The number of methoxy groups -OCH3 is 1. The molecule has 1 saturated heterocycles. The molecule has 0 saturated carbocycles. The number of hydrogen-bond donors (Lipinski definition) is 0. The van der Waals surface area contributed by atoms with E-state index in [1.54, 1.807) is 35.0 Å². The molecule has 0 N–H and O–H groups in total. The van der Waals surface area contributed by atoms with Gasteiger partial charge in [-0.2, -0.15) is 0 Å². The van der Waals surface area contributed by atoms with Gasteiger partial charge in [-0.05, 0) is 26.0 Å². The Morgan fingerprint density at radius 3 is 2.57 bits per heavy atom. The van der Waals surface area contributed by atoms with Gasteiger partial charge < -0.3 is 9.64 Å². The number of ether oxygens (including phenoxy) is 1. The van der Waals surface area contributed by atoms with E-state index in [2.05, 4.69) is 4.99 Å². The van der Waals surface area contributed by atoms with Crippen LogP contribution in [-0.2, 0) is 9.53 Å². The summed E-state index contributed by atoms with van der Waals surface area (Å²) in [5.41, 5.74) is 1.95. The number of para-hydroxylation sites is 1. The first-order valence-corrected chi connectivity index (χ1v) is 9.04. The number of hydrogen-bond acceptors (Lipinski definition) is 6. The first-order chi connectivity index (χ1) is 13.4. The monoisotopic (exact) mass is 387 g/mol. The Hall–Kier alpha value is -2.94. The van der Waals surface area contributed by atoms with Gasteiger partial charge in [-0.1, -0.05) is 12.1 Å². The maximum Gasteiger partial charge on any atom is 0.328 e. The van der Waals surface area contributed by atoms with Crippen molar-refractivity contribution in [1.29, 1.82) is 0 Å². The molecule has 9 heteroatoms. The van der Waals surface area contributed by atoms with Crippen LogP contribution in [-0.4, -0.2) is 72.1 Å². The van der Waals surface area contributed by atoms with Crippen LogP contribution in [0.5, 0.6) is 0 Å². The van der Waals surface area contributed by atoms with Crippen molar-refractivity contribution in [2.45, 2.75) is 26.1 Å². The maximum absolute atomic E-state index is 14.5. The van der Waals surface area contributed by atoms with Crippen molar-refractivity contribution >= 4 is 23.6 Å².